The minimum Gasteiger partial charge on any atom is -0.367 e. The van der Waals surface area contributed by atoms with Gasteiger partial charge in [-0.15, -0.1) is 0 Å². The Kier molecular flexibility index (Phi) is 4.23. The van der Waals surface area contributed by atoms with E-state index in [1.54, 1.807) is 0 Å². The Balaban J connectivity index is 1.93. The first-order valence-corrected chi connectivity index (χ1v) is 5.57. The van der Waals surface area contributed by atoms with E-state index >= 15 is 0 Å². The molecule has 0 radical (unpaired) electrons. The molecule has 10 heteroatoms. The van der Waals surface area contributed by atoms with Crippen molar-refractivity contribution in [2.24, 2.45) is 0 Å². The van der Waals surface area contributed by atoms with Crippen LogP contribution in [0.5, 0.6) is 0 Å². The van der Waals surface area contributed by atoms with E-state index in [2.05, 4.69) is 19.9 Å². The lowest BCUT2D eigenvalue weighted by atomic mass is 10.3. The first kappa shape index (κ1) is 15.0. The molecule has 1 N–H and O–H groups in total. The van der Waals surface area contributed by atoms with Crippen LogP contribution in [0.2, 0.25) is 0 Å². The van der Waals surface area contributed by atoms with Crippen LogP contribution >= 0.6 is 0 Å². The molecular weight excluding hydrogens is 296 g/mol. The first-order valence-electron chi connectivity index (χ1n) is 5.57. The van der Waals surface area contributed by atoms with Gasteiger partial charge < -0.3 is 14.2 Å². The highest BCUT2D eigenvalue weighted by atomic mass is 19.3. The number of nitriles is 1. The van der Waals surface area contributed by atoms with Crippen LogP contribution in [0.3, 0.4) is 0 Å². The third-order valence-electron chi connectivity index (χ3n) is 2.36. The molecule has 0 aliphatic heterocycles. The second-order valence-electron chi connectivity index (χ2n) is 3.98. The Hall–Kier alpha value is -2.41. The number of H-pyrrole nitrogens is 1. The number of nitrogens with one attached hydrogen (secondary N) is 1. The number of aromatic amines is 1. The van der Waals surface area contributed by atoms with Crippen LogP contribution in [0, 0.1) is 11.3 Å². The molecule has 0 saturated carbocycles. The summed E-state index contributed by atoms with van der Waals surface area (Å²) in [6, 6.07) is 3.33. The number of halogens is 4. The predicted molar refractivity (Wildman–Crippen MR) is 59.4 cm³/mol. The molecule has 0 bridgehead atoms. The summed E-state index contributed by atoms with van der Waals surface area (Å²) in [5.74, 6) is -4.29. The van der Waals surface area contributed by atoms with Gasteiger partial charge in [0.05, 0.1) is 5.56 Å². The van der Waals surface area contributed by atoms with Crippen molar-refractivity contribution in [3.05, 3.63) is 23.7 Å². The lowest BCUT2D eigenvalue weighted by molar-refractivity contribution is -0.168. The molecule has 0 atom stereocenters. The molecule has 21 heavy (non-hydrogen) atoms. The Morgan fingerprint density at radius 2 is 2.24 bits per heavy atom. The Morgan fingerprint density at radius 3 is 2.86 bits per heavy atom. The van der Waals surface area contributed by atoms with Gasteiger partial charge in [0.1, 0.15) is 25.0 Å². The highest BCUT2D eigenvalue weighted by molar-refractivity contribution is 5.51. The van der Waals surface area contributed by atoms with E-state index in [1.165, 1.54) is 12.3 Å². The van der Waals surface area contributed by atoms with E-state index < -0.39 is 25.6 Å². The van der Waals surface area contributed by atoms with E-state index in [9.17, 15) is 17.6 Å². The summed E-state index contributed by atoms with van der Waals surface area (Å²) in [6.07, 6.45) is -2.39. The zero-order chi connectivity index (χ0) is 15.5. The summed E-state index contributed by atoms with van der Waals surface area (Å²) < 4.78 is 58.2. The fourth-order valence-electron chi connectivity index (χ4n) is 1.35. The largest absolute Gasteiger partial charge is 0.367 e. The maximum Gasteiger partial charge on any atom is 0.330 e. The number of nitrogens with zero attached hydrogens (tertiary/aromatic N) is 3. The molecule has 0 fully saturated rings. The average Bonchev–Trinajstić information content (AvgIpc) is 3.06. The van der Waals surface area contributed by atoms with Gasteiger partial charge in [-0.2, -0.15) is 19.0 Å². The van der Waals surface area contributed by atoms with E-state index in [4.69, 9.17) is 9.78 Å². The van der Waals surface area contributed by atoms with Crippen LogP contribution in [-0.2, 0) is 11.3 Å². The third-order valence-corrected chi connectivity index (χ3v) is 2.36. The average molecular weight is 304 g/mol. The van der Waals surface area contributed by atoms with Gasteiger partial charge in [-0.1, -0.05) is 5.16 Å². The minimum absolute atomic E-state index is 0.0238. The molecule has 2 aromatic heterocycles. The van der Waals surface area contributed by atoms with Crippen molar-refractivity contribution in [2.45, 2.75) is 19.0 Å². The number of rotatable bonds is 6. The molecule has 0 aromatic carbocycles. The summed E-state index contributed by atoms with van der Waals surface area (Å²) in [5.41, 5.74) is 0.709. The van der Waals surface area contributed by atoms with Crippen molar-refractivity contribution in [3.8, 4) is 17.7 Å². The van der Waals surface area contributed by atoms with Crippen molar-refractivity contribution in [2.75, 3.05) is 6.61 Å². The molecule has 2 rings (SSSR count). The minimum atomic E-state index is -4.23. The molecule has 0 amide bonds. The fraction of sp³-hybridized carbons (Fsp3) is 0.364. The Bertz CT molecular complexity index is 647. The van der Waals surface area contributed by atoms with Crippen LogP contribution in [0.25, 0.3) is 11.6 Å². The van der Waals surface area contributed by atoms with Gasteiger partial charge >= 0.3 is 12.3 Å². The van der Waals surface area contributed by atoms with Crippen molar-refractivity contribution in [1.82, 2.24) is 15.1 Å². The first-order chi connectivity index (χ1) is 9.92. The summed E-state index contributed by atoms with van der Waals surface area (Å²) in [6.45, 7) is -1.95. The van der Waals surface area contributed by atoms with E-state index in [0.717, 1.165) is 0 Å². The molecule has 0 aliphatic carbocycles. The molecule has 0 saturated heterocycles. The molecule has 2 aromatic rings. The smallest absolute Gasteiger partial charge is 0.330 e. The van der Waals surface area contributed by atoms with E-state index in [-0.39, 0.29) is 11.7 Å². The van der Waals surface area contributed by atoms with Gasteiger partial charge in [-0.3, -0.25) is 0 Å². The Labute approximate surface area is 115 Å². The molecule has 0 aliphatic rings. The zero-order valence-corrected chi connectivity index (χ0v) is 10.3. The Morgan fingerprint density at radius 1 is 1.48 bits per heavy atom. The van der Waals surface area contributed by atoms with Crippen LogP contribution < -0.4 is 0 Å². The number of hydrogen-bond donors (Lipinski definition) is 1. The summed E-state index contributed by atoms with van der Waals surface area (Å²) in [5, 5.41) is 12.1. The number of alkyl halides is 4. The SMILES string of the molecule is N#Cc1c[nH]c(-c2nc(COCC(F)(F)C(F)F)no2)c1. The molecule has 2 heterocycles. The molecule has 0 spiro atoms. The number of hydrogen-bond acceptors (Lipinski definition) is 5. The summed E-state index contributed by atoms with van der Waals surface area (Å²) in [4.78, 5) is 6.52. The summed E-state index contributed by atoms with van der Waals surface area (Å²) in [7, 11) is 0. The van der Waals surface area contributed by atoms with Crippen LogP contribution in [-0.4, -0.2) is 34.1 Å². The topological polar surface area (TPSA) is 87.7 Å². The van der Waals surface area contributed by atoms with Gasteiger partial charge in [-0.05, 0) is 6.07 Å². The lowest BCUT2D eigenvalue weighted by Crippen LogP contribution is -2.32. The van der Waals surface area contributed by atoms with Gasteiger partial charge in [0.25, 0.3) is 5.89 Å². The van der Waals surface area contributed by atoms with Crippen LogP contribution in [0.1, 0.15) is 11.4 Å². The maximum atomic E-state index is 12.6. The number of aromatic nitrogens is 3. The molecule has 112 valence electrons. The van der Waals surface area contributed by atoms with Crippen molar-refractivity contribution < 1.29 is 26.8 Å². The summed E-state index contributed by atoms with van der Waals surface area (Å²) >= 11 is 0. The second kappa shape index (κ2) is 5.92. The standard InChI is InChI=1S/C11H8F4N4O2/c12-10(13)11(14,15)5-20-4-8-18-9(21-19-8)7-1-6(2-16)3-17-7/h1,3,10,17H,4-5H2. The van der Waals surface area contributed by atoms with Gasteiger partial charge in [-0.25, -0.2) is 8.78 Å². The van der Waals surface area contributed by atoms with Crippen molar-refractivity contribution in [3.63, 3.8) is 0 Å². The highest BCUT2D eigenvalue weighted by Gasteiger charge is 2.41. The normalized spacial score (nSPS) is 11.8. The molecular formula is C11H8F4N4O2. The van der Waals surface area contributed by atoms with E-state index in [0.29, 0.717) is 11.3 Å². The zero-order valence-electron chi connectivity index (χ0n) is 10.3. The molecule has 6 nitrogen and oxygen atoms in total. The molecule has 0 unspecified atom stereocenters. The quantitative estimate of drug-likeness (QED) is 0.828. The fourth-order valence-corrected chi connectivity index (χ4v) is 1.35. The van der Waals surface area contributed by atoms with Gasteiger partial charge in [0, 0.05) is 6.20 Å². The van der Waals surface area contributed by atoms with Crippen LogP contribution in [0.15, 0.2) is 16.8 Å². The van der Waals surface area contributed by atoms with Gasteiger partial charge in [0.2, 0.25) is 0 Å². The van der Waals surface area contributed by atoms with Crippen molar-refractivity contribution >= 4 is 0 Å². The predicted octanol–water partition coefficient (Wildman–Crippen LogP) is 2.35. The number of ether oxygens (including phenoxy) is 1. The monoisotopic (exact) mass is 304 g/mol. The second-order valence-corrected chi connectivity index (χ2v) is 3.98. The van der Waals surface area contributed by atoms with E-state index in [1.807, 2.05) is 6.07 Å². The third kappa shape index (κ3) is 3.57. The van der Waals surface area contributed by atoms with Gasteiger partial charge in [0.15, 0.2) is 5.82 Å². The maximum absolute atomic E-state index is 12.6. The van der Waals surface area contributed by atoms with Crippen LogP contribution in [0.4, 0.5) is 17.6 Å². The highest BCUT2D eigenvalue weighted by Crippen LogP contribution is 2.23. The van der Waals surface area contributed by atoms with Crippen molar-refractivity contribution in [1.29, 1.82) is 5.26 Å². The lowest BCUT2D eigenvalue weighted by Gasteiger charge is -2.14.